The summed E-state index contributed by atoms with van der Waals surface area (Å²) in [6, 6.07) is 16.9. The van der Waals surface area contributed by atoms with Gasteiger partial charge in [0, 0.05) is 62.6 Å². The van der Waals surface area contributed by atoms with Crippen molar-refractivity contribution in [2.24, 2.45) is 0 Å². The third-order valence-electron chi connectivity index (χ3n) is 7.27. The Hall–Kier alpha value is -3.12. The first-order valence-corrected chi connectivity index (χ1v) is 13.1. The van der Waals surface area contributed by atoms with Gasteiger partial charge in [-0.25, -0.2) is 0 Å². The molecule has 3 heterocycles. The molecule has 0 atom stereocenters. The maximum absolute atomic E-state index is 11.9. The number of benzene rings is 2. The van der Waals surface area contributed by atoms with Crippen LogP contribution >= 0.6 is 0 Å². The van der Waals surface area contributed by atoms with E-state index in [0.29, 0.717) is 6.42 Å². The Morgan fingerprint density at radius 2 is 1.80 bits per heavy atom. The van der Waals surface area contributed by atoms with E-state index < -0.39 is 0 Å². The fourth-order valence-corrected chi connectivity index (χ4v) is 5.26. The summed E-state index contributed by atoms with van der Waals surface area (Å²) in [6.07, 6.45) is 7.00. The van der Waals surface area contributed by atoms with Crippen LogP contribution in [0.5, 0.6) is 5.75 Å². The Kier molecular flexibility index (Phi) is 7.48. The number of amides is 1. The molecule has 5 rings (SSSR count). The summed E-state index contributed by atoms with van der Waals surface area (Å²) in [6.45, 7) is 7.86. The summed E-state index contributed by atoms with van der Waals surface area (Å²) in [7, 11) is 0. The van der Waals surface area contributed by atoms with Gasteiger partial charge in [-0.1, -0.05) is 37.3 Å². The Balaban J connectivity index is 1.29. The van der Waals surface area contributed by atoms with Gasteiger partial charge in [-0.15, -0.1) is 0 Å². The molecule has 0 saturated carbocycles. The number of anilines is 1. The van der Waals surface area contributed by atoms with Gasteiger partial charge in [0.1, 0.15) is 11.9 Å². The first-order valence-electron chi connectivity index (χ1n) is 13.1. The average molecular weight is 473 g/mol. The molecule has 6 heteroatoms. The van der Waals surface area contributed by atoms with Crippen LogP contribution in [-0.4, -0.2) is 66.1 Å². The molecule has 1 amide bonds. The molecule has 0 bridgehead atoms. The lowest BCUT2D eigenvalue weighted by Crippen LogP contribution is -2.41. The van der Waals surface area contributed by atoms with E-state index in [1.807, 2.05) is 24.1 Å². The topological polar surface area (TPSA) is 57.7 Å². The zero-order chi connectivity index (χ0) is 24.0. The Morgan fingerprint density at radius 1 is 1.03 bits per heavy atom. The molecule has 1 aromatic heterocycles. The second-order valence-electron chi connectivity index (χ2n) is 9.61. The summed E-state index contributed by atoms with van der Waals surface area (Å²) in [5, 5.41) is 4.86. The van der Waals surface area contributed by atoms with E-state index in [4.69, 9.17) is 9.72 Å². The van der Waals surface area contributed by atoms with Crippen molar-refractivity contribution < 1.29 is 9.53 Å². The van der Waals surface area contributed by atoms with E-state index >= 15 is 0 Å². The van der Waals surface area contributed by atoms with Gasteiger partial charge in [0.2, 0.25) is 5.91 Å². The second kappa shape index (κ2) is 11.1. The third-order valence-corrected chi connectivity index (χ3v) is 7.27. The van der Waals surface area contributed by atoms with Crippen LogP contribution in [0.1, 0.15) is 39.0 Å². The Bertz CT molecular complexity index is 1130. The van der Waals surface area contributed by atoms with E-state index in [2.05, 4.69) is 52.7 Å². The molecule has 2 aliphatic heterocycles. The van der Waals surface area contributed by atoms with Crippen molar-refractivity contribution in [3.8, 4) is 16.9 Å². The molecular formula is C29H36N4O2. The SMILES string of the molecule is CCC(=O)N1CCC(Oc2ccc(-c3ccc4cccnc4c3NCCN3CCCC3)cc2)CC1. The lowest BCUT2D eigenvalue weighted by molar-refractivity contribution is -0.132. The molecule has 2 fully saturated rings. The first kappa shape index (κ1) is 23.6. The third kappa shape index (κ3) is 5.59. The highest BCUT2D eigenvalue weighted by Crippen LogP contribution is 2.35. The van der Waals surface area contributed by atoms with Crippen LogP contribution < -0.4 is 10.1 Å². The zero-order valence-corrected chi connectivity index (χ0v) is 20.7. The minimum absolute atomic E-state index is 0.162. The fourth-order valence-electron chi connectivity index (χ4n) is 5.26. The van der Waals surface area contributed by atoms with Crippen LogP contribution in [0.15, 0.2) is 54.7 Å². The smallest absolute Gasteiger partial charge is 0.222 e. The number of fused-ring (bicyclic) bond motifs is 1. The number of aromatic nitrogens is 1. The highest BCUT2D eigenvalue weighted by atomic mass is 16.5. The Labute approximate surface area is 208 Å². The number of nitrogens with zero attached hydrogens (tertiary/aromatic N) is 3. The predicted molar refractivity (Wildman–Crippen MR) is 142 cm³/mol. The number of carbonyl (C=O) groups excluding carboxylic acids is 1. The normalized spacial score (nSPS) is 17.1. The number of rotatable bonds is 8. The summed E-state index contributed by atoms with van der Waals surface area (Å²) >= 11 is 0. The minimum Gasteiger partial charge on any atom is -0.490 e. The van der Waals surface area contributed by atoms with Gasteiger partial charge in [0.15, 0.2) is 0 Å². The number of nitrogens with one attached hydrogen (secondary N) is 1. The van der Waals surface area contributed by atoms with Gasteiger partial charge in [-0.05, 0) is 49.7 Å². The van der Waals surface area contributed by atoms with E-state index in [-0.39, 0.29) is 12.0 Å². The van der Waals surface area contributed by atoms with Crippen LogP contribution in [0.25, 0.3) is 22.0 Å². The van der Waals surface area contributed by atoms with E-state index in [1.165, 1.54) is 25.9 Å². The number of piperidine rings is 1. The standard InChI is InChI=1S/C29H36N4O2/c1-2-27(34)33-19-13-25(14-20-33)35-24-10-7-22(8-11-24)26-12-9-23-6-5-15-30-28(23)29(26)31-16-21-32-17-3-4-18-32/h5-12,15,25,31H,2-4,13-14,16-21H2,1H3. The van der Waals surface area contributed by atoms with Crippen LogP contribution in [-0.2, 0) is 4.79 Å². The molecular weight excluding hydrogens is 436 g/mol. The second-order valence-corrected chi connectivity index (χ2v) is 9.61. The van der Waals surface area contributed by atoms with Crippen LogP contribution in [0.3, 0.4) is 0 Å². The number of carbonyl (C=O) groups is 1. The molecule has 0 aliphatic carbocycles. The number of ether oxygens (including phenoxy) is 1. The molecule has 2 aliphatic rings. The number of likely N-dealkylation sites (tertiary alicyclic amines) is 2. The van der Waals surface area contributed by atoms with Crippen molar-refractivity contribution in [1.29, 1.82) is 0 Å². The molecule has 35 heavy (non-hydrogen) atoms. The van der Waals surface area contributed by atoms with Crippen LogP contribution in [0.4, 0.5) is 5.69 Å². The van der Waals surface area contributed by atoms with Gasteiger partial charge >= 0.3 is 0 Å². The maximum atomic E-state index is 11.9. The van der Waals surface area contributed by atoms with Gasteiger partial charge in [0.05, 0.1) is 11.2 Å². The van der Waals surface area contributed by atoms with Crippen molar-refractivity contribution in [3.05, 3.63) is 54.7 Å². The molecule has 6 nitrogen and oxygen atoms in total. The van der Waals surface area contributed by atoms with Crippen molar-refractivity contribution in [1.82, 2.24) is 14.8 Å². The minimum atomic E-state index is 0.162. The molecule has 1 N–H and O–H groups in total. The molecule has 3 aromatic rings. The lowest BCUT2D eigenvalue weighted by Gasteiger charge is -2.32. The van der Waals surface area contributed by atoms with Gasteiger partial charge < -0.3 is 19.9 Å². The predicted octanol–water partition coefficient (Wildman–Crippen LogP) is 5.19. The van der Waals surface area contributed by atoms with Crippen molar-refractivity contribution in [2.75, 3.05) is 44.6 Å². The van der Waals surface area contributed by atoms with Crippen LogP contribution in [0, 0.1) is 0 Å². The average Bonchev–Trinajstić information content (AvgIpc) is 3.43. The van der Waals surface area contributed by atoms with Crippen LogP contribution in [0.2, 0.25) is 0 Å². The maximum Gasteiger partial charge on any atom is 0.222 e. The number of pyridine rings is 1. The highest BCUT2D eigenvalue weighted by molar-refractivity contribution is 5.99. The van der Waals surface area contributed by atoms with Gasteiger partial charge in [0.25, 0.3) is 0 Å². The van der Waals surface area contributed by atoms with Gasteiger partial charge in [-0.2, -0.15) is 0 Å². The molecule has 0 radical (unpaired) electrons. The Morgan fingerprint density at radius 3 is 2.54 bits per heavy atom. The molecule has 0 unspecified atom stereocenters. The number of hydrogen-bond acceptors (Lipinski definition) is 5. The fraction of sp³-hybridized carbons (Fsp3) is 0.448. The van der Waals surface area contributed by atoms with E-state index in [1.54, 1.807) is 0 Å². The molecule has 184 valence electrons. The van der Waals surface area contributed by atoms with E-state index in [9.17, 15) is 4.79 Å². The number of hydrogen-bond donors (Lipinski definition) is 1. The molecule has 0 spiro atoms. The largest absolute Gasteiger partial charge is 0.490 e. The van der Waals surface area contributed by atoms with Gasteiger partial charge in [-0.3, -0.25) is 9.78 Å². The molecule has 2 aromatic carbocycles. The monoisotopic (exact) mass is 472 g/mol. The summed E-state index contributed by atoms with van der Waals surface area (Å²) in [5.41, 5.74) is 4.43. The van der Waals surface area contributed by atoms with E-state index in [0.717, 1.165) is 72.5 Å². The van der Waals surface area contributed by atoms with Crippen molar-refractivity contribution in [2.45, 2.75) is 45.1 Å². The summed E-state index contributed by atoms with van der Waals surface area (Å²) in [5.74, 6) is 1.12. The first-order chi connectivity index (χ1) is 17.2. The summed E-state index contributed by atoms with van der Waals surface area (Å²) in [4.78, 5) is 21.1. The zero-order valence-electron chi connectivity index (χ0n) is 20.7. The van der Waals surface area contributed by atoms with Crippen molar-refractivity contribution in [3.63, 3.8) is 0 Å². The quantitative estimate of drug-likeness (QED) is 0.489. The highest BCUT2D eigenvalue weighted by Gasteiger charge is 2.23. The van der Waals surface area contributed by atoms with Crippen molar-refractivity contribution >= 4 is 22.5 Å². The molecule has 2 saturated heterocycles. The lowest BCUT2D eigenvalue weighted by atomic mass is 10.0. The summed E-state index contributed by atoms with van der Waals surface area (Å²) < 4.78 is 6.26.